The Hall–Kier alpha value is -0.393. The van der Waals surface area contributed by atoms with Crippen LogP contribution in [0.25, 0.3) is 0 Å². The van der Waals surface area contributed by atoms with Gasteiger partial charge >= 0.3 is 0 Å². The van der Waals surface area contributed by atoms with Crippen molar-refractivity contribution in [2.45, 2.75) is 24.8 Å². The SMILES string of the molecule is COC(C)(OC)[SiH2]CCCN1C=NCC1. The van der Waals surface area contributed by atoms with Gasteiger partial charge in [-0.1, -0.05) is 6.04 Å². The second kappa shape index (κ2) is 6.25. The predicted octanol–water partition coefficient (Wildman–Crippen LogP) is 0.274. The number of aliphatic imine (C=N–C) groups is 1. The first-order valence-electron chi connectivity index (χ1n) is 5.54. The van der Waals surface area contributed by atoms with Crippen LogP contribution in [0.4, 0.5) is 0 Å². The minimum Gasteiger partial charge on any atom is -0.361 e. The molecular formula is C10H22N2O2Si. The van der Waals surface area contributed by atoms with Crippen molar-refractivity contribution in [3.8, 4) is 0 Å². The van der Waals surface area contributed by atoms with E-state index in [1.807, 2.05) is 13.3 Å². The van der Waals surface area contributed by atoms with Crippen LogP contribution in [-0.2, 0) is 9.47 Å². The molecule has 4 nitrogen and oxygen atoms in total. The second-order valence-electron chi connectivity index (χ2n) is 4.06. The molecular weight excluding hydrogens is 208 g/mol. The van der Waals surface area contributed by atoms with Crippen LogP contribution in [0, 0.1) is 0 Å². The Morgan fingerprint density at radius 2 is 2.20 bits per heavy atom. The van der Waals surface area contributed by atoms with Gasteiger partial charge < -0.3 is 14.4 Å². The molecule has 0 radical (unpaired) electrons. The fourth-order valence-corrected chi connectivity index (χ4v) is 3.16. The largest absolute Gasteiger partial charge is 0.361 e. The summed E-state index contributed by atoms with van der Waals surface area (Å²) in [5.41, 5.74) is -0.279. The summed E-state index contributed by atoms with van der Waals surface area (Å²) in [6.45, 7) is 5.22. The van der Waals surface area contributed by atoms with Gasteiger partial charge in [0, 0.05) is 27.3 Å². The first-order chi connectivity index (χ1) is 7.20. The highest BCUT2D eigenvalue weighted by atomic mass is 28.2. The van der Waals surface area contributed by atoms with Crippen molar-refractivity contribution in [2.75, 3.05) is 33.9 Å². The molecule has 1 heterocycles. The van der Waals surface area contributed by atoms with Gasteiger partial charge in [0.1, 0.15) is 5.41 Å². The van der Waals surface area contributed by atoms with Crippen molar-refractivity contribution in [3.05, 3.63) is 0 Å². The predicted molar refractivity (Wildman–Crippen MR) is 65.3 cm³/mol. The average Bonchev–Trinajstić information content (AvgIpc) is 2.77. The van der Waals surface area contributed by atoms with Gasteiger partial charge in [-0.15, -0.1) is 0 Å². The van der Waals surface area contributed by atoms with Crippen molar-refractivity contribution < 1.29 is 9.47 Å². The second-order valence-corrected chi connectivity index (χ2v) is 6.55. The van der Waals surface area contributed by atoms with Crippen molar-refractivity contribution >= 4 is 15.9 Å². The quantitative estimate of drug-likeness (QED) is 0.358. The zero-order chi connectivity index (χ0) is 11.1. The molecule has 5 heteroatoms. The van der Waals surface area contributed by atoms with E-state index >= 15 is 0 Å². The van der Waals surface area contributed by atoms with Crippen LogP contribution < -0.4 is 0 Å². The third kappa shape index (κ3) is 4.32. The Kier molecular flexibility index (Phi) is 5.28. The zero-order valence-corrected chi connectivity index (χ0v) is 11.4. The molecule has 0 aromatic rings. The minimum absolute atomic E-state index is 0.279. The fourth-order valence-electron chi connectivity index (χ4n) is 1.64. The molecule has 0 N–H and O–H groups in total. The zero-order valence-electron chi connectivity index (χ0n) is 10.0. The van der Waals surface area contributed by atoms with Gasteiger partial charge in [0.15, 0.2) is 0 Å². The molecule has 1 aliphatic rings. The lowest BCUT2D eigenvalue weighted by molar-refractivity contribution is -0.130. The highest BCUT2D eigenvalue weighted by Gasteiger charge is 2.21. The van der Waals surface area contributed by atoms with E-state index < -0.39 is 0 Å². The fraction of sp³-hybridized carbons (Fsp3) is 0.900. The molecule has 0 amide bonds. The van der Waals surface area contributed by atoms with Crippen LogP contribution in [0.15, 0.2) is 4.99 Å². The van der Waals surface area contributed by atoms with E-state index in [2.05, 4.69) is 9.89 Å². The molecule has 0 aliphatic carbocycles. The van der Waals surface area contributed by atoms with E-state index in [-0.39, 0.29) is 14.9 Å². The third-order valence-corrected chi connectivity index (χ3v) is 5.29. The number of rotatable bonds is 7. The van der Waals surface area contributed by atoms with Crippen LogP contribution in [0.5, 0.6) is 0 Å². The van der Waals surface area contributed by atoms with Crippen molar-refractivity contribution in [1.82, 2.24) is 4.90 Å². The Labute approximate surface area is 94.5 Å². The Bertz CT molecular complexity index is 208. The lowest BCUT2D eigenvalue weighted by atomic mass is 10.4. The smallest absolute Gasteiger partial charge is 0.141 e. The molecule has 0 atom stereocenters. The van der Waals surface area contributed by atoms with E-state index in [9.17, 15) is 0 Å². The Balaban J connectivity index is 2.07. The highest BCUT2D eigenvalue weighted by Crippen LogP contribution is 2.11. The van der Waals surface area contributed by atoms with E-state index in [4.69, 9.17) is 9.47 Å². The van der Waals surface area contributed by atoms with Gasteiger partial charge in [0.05, 0.1) is 22.4 Å². The summed E-state index contributed by atoms with van der Waals surface area (Å²) < 4.78 is 10.7. The molecule has 0 aromatic carbocycles. The molecule has 0 saturated carbocycles. The van der Waals surface area contributed by atoms with Crippen molar-refractivity contribution in [1.29, 1.82) is 0 Å². The maximum absolute atomic E-state index is 5.36. The van der Waals surface area contributed by atoms with Gasteiger partial charge in [-0.25, -0.2) is 0 Å². The lowest BCUT2D eigenvalue weighted by Crippen LogP contribution is -2.37. The summed E-state index contributed by atoms with van der Waals surface area (Å²) >= 11 is 0. The molecule has 0 fully saturated rings. The highest BCUT2D eigenvalue weighted by molar-refractivity contribution is 6.38. The van der Waals surface area contributed by atoms with Crippen LogP contribution in [0.3, 0.4) is 0 Å². The van der Waals surface area contributed by atoms with Crippen LogP contribution >= 0.6 is 0 Å². The summed E-state index contributed by atoms with van der Waals surface area (Å²) in [6.07, 6.45) is 3.19. The van der Waals surface area contributed by atoms with E-state index in [1.165, 1.54) is 12.5 Å². The van der Waals surface area contributed by atoms with Crippen molar-refractivity contribution in [3.63, 3.8) is 0 Å². The summed E-state index contributed by atoms with van der Waals surface area (Å²) in [5, 5.41) is 0. The number of nitrogens with zero attached hydrogens (tertiary/aromatic N) is 2. The van der Waals surface area contributed by atoms with Gasteiger partial charge in [-0.05, 0) is 13.3 Å². The van der Waals surface area contributed by atoms with Crippen molar-refractivity contribution in [2.24, 2.45) is 4.99 Å². The number of ether oxygens (including phenoxy) is 2. The van der Waals surface area contributed by atoms with E-state index in [0.29, 0.717) is 0 Å². The van der Waals surface area contributed by atoms with Crippen LogP contribution in [0.1, 0.15) is 13.3 Å². The maximum Gasteiger partial charge on any atom is 0.141 e. The van der Waals surface area contributed by atoms with Crippen LogP contribution in [-0.4, -0.2) is 60.0 Å². The summed E-state index contributed by atoms with van der Waals surface area (Å²) in [4.78, 5) is 6.47. The van der Waals surface area contributed by atoms with Gasteiger partial charge in [-0.2, -0.15) is 0 Å². The monoisotopic (exact) mass is 230 g/mol. The summed E-state index contributed by atoms with van der Waals surface area (Å²) in [5.74, 6) is 0. The lowest BCUT2D eigenvalue weighted by Gasteiger charge is -2.26. The van der Waals surface area contributed by atoms with Gasteiger partial charge in [0.25, 0.3) is 0 Å². The number of hydrogen-bond acceptors (Lipinski definition) is 4. The molecule has 0 unspecified atom stereocenters. The minimum atomic E-state index is -0.325. The summed E-state index contributed by atoms with van der Waals surface area (Å²) in [6, 6.07) is 1.25. The molecule has 0 saturated heterocycles. The maximum atomic E-state index is 5.36. The Morgan fingerprint density at radius 1 is 1.47 bits per heavy atom. The topological polar surface area (TPSA) is 34.1 Å². The first-order valence-corrected chi connectivity index (χ1v) is 7.25. The molecule has 0 spiro atoms. The molecule has 1 aliphatic heterocycles. The van der Waals surface area contributed by atoms with E-state index in [1.54, 1.807) is 14.2 Å². The van der Waals surface area contributed by atoms with Crippen LogP contribution in [0.2, 0.25) is 6.04 Å². The normalized spacial score (nSPS) is 17.1. The number of methoxy groups -OCH3 is 2. The van der Waals surface area contributed by atoms with Gasteiger partial charge in [-0.3, -0.25) is 4.99 Å². The summed E-state index contributed by atoms with van der Waals surface area (Å²) in [7, 11) is 3.13. The molecule has 15 heavy (non-hydrogen) atoms. The average molecular weight is 230 g/mol. The molecule has 1 rings (SSSR count). The molecule has 0 aromatic heterocycles. The third-order valence-electron chi connectivity index (χ3n) is 2.95. The standard InChI is InChI=1S/C10H22N2O2Si/c1-10(13-2,14-3)15-8-4-6-12-7-5-11-9-12/h9H,4-8,15H2,1-3H3. The first kappa shape index (κ1) is 12.7. The molecule has 0 bridgehead atoms. The Morgan fingerprint density at radius 3 is 2.73 bits per heavy atom. The van der Waals surface area contributed by atoms with Gasteiger partial charge in [0.2, 0.25) is 0 Å². The van der Waals surface area contributed by atoms with E-state index in [0.717, 1.165) is 19.6 Å². The number of hydrogen-bond donors (Lipinski definition) is 0. The molecule has 88 valence electrons.